The highest BCUT2D eigenvalue weighted by molar-refractivity contribution is 7.94. The van der Waals surface area contributed by atoms with Gasteiger partial charge in [0, 0.05) is 29.9 Å². The smallest absolute Gasteiger partial charge is 0.160 e. The van der Waals surface area contributed by atoms with E-state index in [4.69, 9.17) is 27.9 Å². The maximum absolute atomic E-state index is 11.8. The van der Waals surface area contributed by atoms with Crippen LogP contribution in [0, 0.1) is 0 Å². The monoisotopic (exact) mass is 349 g/mol. The molecule has 21 heavy (non-hydrogen) atoms. The zero-order chi connectivity index (χ0) is 15.2. The molecule has 0 aliphatic rings. The molecular formula is C14H14Cl2FNO2S. The lowest BCUT2D eigenvalue weighted by atomic mass is 10.2. The summed E-state index contributed by atoms with van der Waals surface area (Å²) in [5, 5.41) is 11.2. The second kappa shape index (κ2) is 8.03. The number of aromatic hydroxyl groups is 1. The van der Waals surface area contributed by atoms with Crippen LogP contribution in [0.1, 0.15) is 18.5 Å². The molecule has 3 nitrogen and oxygen atoms in total. The first-order valence-electron chi connectivity index (χ1n) is 6.41. The minimum absolute atomic E-state index is 0.0853. The summed E-state index contributed by atoms with van der Waals surface area (Å²) in [4.78, 5) is 4.32. The van der Waals surface area contributed by atoms with Crippen molar-refractivity contribution in [1.82, 2.24) is 4.98 Å². The van der Waals surface area contributed by atoms with Crippen LogP contribution in [-0.2, 0) is 11.3 Å². The van der Waals surface area contributed by atoms with Gasteiger partial charge in [0.15, 0.2) is 5.75 Å². The Morgan fingerprint density at radius 2 is 2.05 bits per heavy atom. The molecule has 0 bridgehead atoms. The van der Waals surface area contributed by atoms with Crippen molar-refractivity contribution < 1.29 is 13.7 Å². The molecule has 0 spiro atoms. The van der Waals surface area contributed by atoms with E-state index < -0.39 is 0 Å². The van der Waals surface area contributed by atoms with Gasteiger partial charge in [0.1, 0.15) is 5.52 Å². The van der Waals surface area contributed by atoms with Crippen molar-refractivity contribution in [3.05, 3.63) is 33.9 Å². The Morgan fingerprint density at radius 3 is 2.81 bits per heavy atom. The van der Waals surface area contributed by atoms with E-state index in [1.807, 2.05) is 0 Å². The zero-order valence-corrected chi connectivity index (χ0v) is 13.4. The van der Waals surface area contributed by atoms with E-state index in [9.17, 15) is 8.99 Å². The van der Waals surface area contributed by atoms with Crippen molar-refractivity contribution in [1.29, 1.82) is 0 Å². The van der Waals surface area contributed by atoms with Gasteiger partial charge in [-0.25, -0.2) is 4.98 Å². The molecule has 0 radical (unpaired) electrons. The average Bonchev–Trinajstić information content (AvgIpc) is 2.48. The molecule has 0 aliphatic carbocycles. The zero-order valence-electron chi connectivity index (χ0n) is 11.1. The summed E-state index contributed by atoms with van der Waals surface area (Å²) < 4.78 is 17.3. The third-order valence-electron chi connectivity index (χ3n) is 2.92. The summed E-state index contributed by atoms with van der Waals surface area (Å²) >= 11 is 12.3. The molecule has 0 saturated carbocycles. The standard InChI is InChI=1S/C14H14Cl2FNO2S/c15-11-7-12(16)14(19)13-10(11)4-3-9(18-13)8-20-5-1-2-6-21-17/h3-4,7,19H,1-2,5-6,8H2. The molecule has 7 heteroatoms. The number of nitrogens with zero attached hydrogens (tertiary/aromatic N) is 1. The van der Waals surface area contributed by atoms with Crippen LogP contribution in [0.4, 0.5) is 3.89 Å². The molecular weight excluding hydrogens is 336 g/mol. The molecule has 0 saturated heterocycles. The van der Waals surface area contributed by atoms with Crippen LogP contribution in [0.25, 0.3) is 10.9 Å². The highest BCUT2D eigenvalue weighted by Gasteiger charge is 2.11. The molecule has 0 fully saturated rings. The third kappa shape index (κ3) is 4.36. The van der Waals surface area contributed by atoms with E-state index in [1.54, 1.807) is 12.1 Å². The molecule has 1 heterocycles. The van der Waals surface area contributed by atoms with Gasteiger partial charge in [0.05, 0.1) is 22.3 Å². The molecule has 2 aromatic rings. The predicted octanol–water partition coefficient (Wildman–Crippen LogP) is 5.16. The van der Waals surface area contributed by atoms with Gasteiger partial charge < -0.3 is 9.84 Å². The van der Waals surface area contributed by atoms with Crippen LogP contribution < -0.4 is 0 Å². The van der Waals surface area contributed by atoms with Crippen molar-refractivity contribution in [3.63, 3.8) is 0 Å². The van der Waals surface area contributed by atoms with Crippen LogP contribution in [0.5, 0.6) is 5.75 Å². The highest BCUT2D eigenvalue weighted by Crippen LogP contribution is 2.36. The number of hydrogen-bond acceptors (Lipinski definition) is 4. The summed E-state index contributed by atoms with van der Waals surface area (Å²) in [7, 11) is 0. The molecule has 0 amide bonds. The maximum atomic E-state index is 11.8. The van der Waals surface area contributed by atoms with Gasteiger partial charge in [0.2, 0.25) is 0 Å². The van der Waals surface area contributed by atoms with Gasteiger partial charge in [-0.1, -0.05) is 23.2 Å². The van der Waals surface area contributed by atoms with E-state index in [-0.39, 0.29) is 10.8 Å². The number of phenolic OH excluding ortho intramolecular Hbond substituents is 1. The highest BCUT2D eigenvalue weighted by atomic mass is 35.5. The minimum Gasteiger partial charge on any atom is -0.504 e. The van der Waals surface area contributed by atoms with Crippen molar-refractivity contribution in [2.45, 2.75) is 19.4 Å². The van der Waals surface area contributed by atoms with E-state index in [0.29, 0.717) is 52.7 Å². The number of aromatic nitrogens is 1. The lowest BCUT2D eigenvalue weighted by Gasteiger charge is -2.08. The maximum Gasteiger partial charge on any atom is 0.160 e. The second-order valence-electron chi connectivity index (χ2n) is 4.46. The van der Waals surface area contributed by atoms with Crippen molar-refractivity contribution >= 4 is 46.3 Å². The third-order valence-corrected chi connectivity index (χ3v) is 3.97. The summed E-state index contributed by atoms with van der Waals surface area (Å²) in [5.41, 5.74) is 1.04. The Hall–Kier alpha value is -0.750. The van der Waals surface area contributed by atoms with Crippen LogP contribution in [0.15, 0.2) is 18.2 Å². The first kappa shape index (κ1) is 16.6. The number of benzene rings is 1. The number of hydrogen-bond donors (Lipinski definition) is 1. The molecule has 0 unspecified atom stereocenters. The predicted molar refractivity (Wildman–Crippen MR) is 85.9 cm³/mol. The lowest BCUT2D eigenvalue weighted by molar-refractivity contribution is 0.116. The number of phenols is 1. The largest absolute Gasteiger partial charge is 0.504 e. The van der Waals surface area contributed by atoms with E-state index >= 15 is 0 Å². The molecule has 2 rings (SSSR count). The first-order chi connectivity index (χ1) is 10.1. The fourth-order valence-corrected chi connectivity index (χ4v) is 2.69. The normalized spacial score (nSPS) is 11.2. The van der Waals surface area contributed by atoms with Gasteiger partial charge in [-0.15, -0.1) is 0 Å². The fraction of sp³-hybridized carbons (Fsp3) is 0.357. The van der Waals surface area contributed by atoms with Crippen molar-refractivity contribution in [2.24, 2.45) is 0 Å². The molecule has 1 aromatic carbocycles. The fourth-order valence-electron chi connectivity index (χ4n) is 1.86. The van der Waals surface area contributed by atoms with Gasteiger partial charge in [-0.3, -0.25) is 0 Å². The second-order valence-corrected chi connectivity index (χ2v) is 5.90. The van der Waals surface area contributed by atoms with E-state index in [1.165, 1.54) is 6.07 Å². The van der Waals surface area contributed by atoms with Gasteiger partial charge in [-0.05, 0) is 31.0 Å². The molecule has 0 atom stereocenters. The number of rotatable bonds is 7. The summed E-state index contributed by atoms with van der Waals surface area (Å²) in [5.74, 6) is 0.403. The topological polar surface area (TPSA) is 42.4 Å². The van der Waals surface area contributed by atoms with Crippen LogP contribution in [-0.4, -0.2) is 22.5 Å². The quantitative estimate of drug-likeness (QED) is 0.700. The molecule has 1 N–H and O–H groups in total. The van der Waals surface area contributed by atoms with Crippen LogP contribution >= 0.6 is 35.3 Å². The lowest BCUT2D eigenvalue weighted by Crippen LogP contribution is -1.98. The van der Waals surface area contributed by atoms with Gasteiger partial charge in [0.25, 0.3) is 0 Å². The van der Waals surface area contributed by atoms with Crippen LogP contribution in [0.2, 0.25) is 10.0 Å². The van der Waals surface area contributed by atoms with E-state index in [2.05, 4.69) is 4.98 Å². The number of ether oxygens (including phenoxy) is 1. The summed E-state index contributed by atoms with van der Waals surface area (Å²) in [6.45, 7) is 0.866. The summed E-state index contributed by atoms with van der Waals surface area (Å²) in [6.07, 6.45) is 1.58. The number of pyridine rings is 1. The number of unbranched alkanes of at least 4 members (excludes halogenated alkanes) is 1. The first-order valence-corrected chi connectivity index (χ1v) is 8.05. The minimum atomic E-state index is -0.0853. The Balaban J connectivity index is 2.03. The average molecular weight is 350 g/mol. The molecule has 114 valence electrons. The van der Waals surface area contributed by atoms with Crippen molar-refractivity contribution in [3.8, 4) is 5.75 Å². The SMILES string of the molecule is Oc1c(Cl)cc(Cl)c2ccc(COCCCCSF)nc12. The number of fused-ring (bicyclic) bond motifs is 1. The van der Waals surface area contributed by atoms with Crippen LogP contribution in [0.3, 0.4) is 0 Å². The Bertz CT molecular complexity index is 627. The molecule has 1 aromatic heterocycles. The Kier molecular flexibility index (Phi) is 6.36. The van der Waals surface area contributed by atoms with Gasteiger partial charge >= 0.3 is 0 Å². The van der Waals surface area contributed by atoms with E-state index in [0.717, 1.165) is 12.8 Å². The molecule has 0 aliphatic heterocycles. The summed E-state index contributed by atoms with van der Waals surface area (Å²) in [6, 6.07) is 5.06. The van der Waals surface area contributed by atoms with Gasteiger partial charge in [-0.2, -0.15) is 3.89 Å². The Labute approximate surface area is 136 Å². The number of halogens is 3. The van der Waals surface area contributed by atoms with Crippen molar-refractivity contribution in [2.75, 3.05) is 12.4 Å². The Morgan fingerprint density at radius 1 is 1.24 bits per heavy atom.